The van der Waals surface area contributed by atoms with Crippen molar-refractivity contribution in [2.75, 3.05) is 25.1 Å². The summed E-state index contributed by atoms with van der Waals surface area (Å²) in [6.07, 6.45) is 5.18. The maximum Gasteiger partial charge on any atom is 0.270 e. The molecule has 0 bridgehead atoms. The molecule has 3 amide bonds. The number of hydrogen-bond acceptors (Lipinski definition) is 6. The monoisotopic (exact) mass is 450 g/mol. The molecule has 2 unspecified atom stereocenters. The fourth-order valence-corrected chi connectivity index (χ4v) is 4.01. The van der Waals surface area contributed by atoms with Crippen molar-refractivity contribution in [3.05, 3.63) is 39.9 Å². The molecule has 1 aromatic rings. The van der Waals surface area contributed by atoms with E-state index in [9.17, 15) is 24.5 Å². The van der Waals surface area contributed by atoms with E-state index >= 15 is 0 Å². The van der Waals surface area contributed by atoms with Gasteiger partial charge >= 0.3 is 0 Å². The van der Waals surface area contributed by atoms with Crippen LogP contribution >= 0.6 is 11.8 Å². The Labute approximate surface area is 186 Å². The Morgan fingerprint density at radius 1 is 1.35 bits per heavy atom. The number of nitrogens with zero attached hydrogens (tertiary/aromatic N) is 2. The van der Waals surface area contributed by atoms with Gasteiger partial charge in [-0.1, -0.05) is 13.0 Å². The highest BCUT2D eigenvalue weighted by Gasteiger charge is 2.30. The first-order valence-corrected chi connectivity index (χ1v) is 11.9. The quantitative estimate of drug-likeness (QED) is 0.417. The van der Waals surface area contributed by atoms with Gasteiger partial charge in [-0.25, -0.2) is 0 Å². The molecule has 1 aromatic carbocycles. The smallest absolute Gasteiger partial charge is 0.270 e. The van der Waals surface area contributed by atoms with Crippen LogP contribution in [0.2, 0.25) is 0 Å². The van der Waals surface area contributed by atoms with Crippen molar-refractivity contribution in [1.29, 1.82) is 0 Å². The zero-order valence-corrected chi connectivity index (χ0v) is 18.8. The van der Waals surface area contributed by atoms with Gasteiger partial charge in [-0.2, -0.15) is 11.8 Å². The lowest BCUT2D eigenvalue weighted by Crippen LogP contribution is -2.55. The van der Waals surface area contributed by atoms with E-state index < -0.39 is 16.9 Å². The number of carbonyl (C=O) groups is 3. The van der Waals surface area contributed by atoms with Crippen molar-refractivity contribution in [3.8, 4) is 0 Å². The molecule has 0 saturated carbocycles. The number of benzene rings is 1. The van der Waals surface area contributed by atoms with Crippen molar-refractivity contribution in [1.82, 2.24) is 15.5 Å². The summed E-state index contributed by atoms with van der Waals surface area (Å²) in [7, 11) is 0. The first kappa shape index (κ1) is 24.6. The van der Waals surface area contributed by atoms with Crippen molar-refractivity contribution in [3.63, 3.8) is 0 Å². The molecule has 0 aromatic heterocycles. The lowest BCUT2D eigenvalue weighted by Gasteiger charge is -2.35. The minimum absolute atomic E-state index is 0.0142. The van der Waals surface area contributed by atoms with Crippen molar-refractivity contribution in [2.24, 2.45) is 0 Å². The number of nitro benzene ring substituents is 1. The number of piperidine rings is 1. The Kier molecular flexibility index (Phi) is 9.77. The number of likely N-dealkylation sites (tertiary alicyclic amines) is 1. The Bertz CT molecular complexity index is 804. The Balaban J connectivity index is 2.07. The van der Waals surface area contributed by atoms with Crippen LogP contribution in [0, 0.1) is 10.1 Å². The van der Waals surface area contributed by atoms with Crippen LogP contribution in [0.5, 0.6) is 0 Å². The minimum atomic E-state index is -0.732. The van der Waals surface area contributed by atoms with Crippen molar-refractivity contribution >= 4 is 35.2 Å². The highest BCUT2D eigenvalue weighted by molar-refractivity contribution is 7.98. The number of amides is 3. The van der Waals surface area contributed by atoms with Gasteiger partial charge in [0.1, 0.15) is 6.04 Å². The third-order valence-corrected chi connectivity index (χ3v) is 5.75. The average Bonchev–Trinajstić information content (AvgIpc) is 2.76. The molecular weight excluding hydrogens is 420 g/mol. The van der Waals surface area contributed by atoms with Crippen LogP contribution in [0.4, 0.5) is 5.69 Å². The average molecular weight is 451 g/mol. The minimum Gasteiger partial charge on any atom is -0.352 e. The second kappa shape index (κ2) is 12.3. The van der Waals surface area contributed by atoms with Gasteiger partial charge < -0.3 is 15.5 Å². The van der Waals surface area contributed by atoms with Gasteiger partial charge in [0, 0.05) is 43.2 Å². The first-order chi connectivity index (χ1) is 14.8. The molecule has 1 aliphatic rings. The summed E-state index contributed by atoms with van der Waals surface area (Å²) in [5, 5.41) is 16.7. The molecule has 2 atom stereocenters. The van der Waals surface area contributed by atoms with Crippen molar-refractivity contribution in [2.45, 2.75) is 51.1 Å². The Hall–Kier alpha value is -2.62. The number of thioether (sulfide) groups is 1. The van der Waals surface area contributed by atoms with Gasteiger partial charge in [0.2, 0.25) is 11.8 Å². The molecule has 1 heterocycles. The second-order valence-corrected chi connectivity index (χ2v) is 8.54. The van der Waals surface area contributed by atoms with E-state index in [1.54, 1.807) is 16.7 Å². The van der Waals surface area contributed by atoms with Crippen molar-refractivity contribution < 1.29 is 19.3 Å². The molecule has 10 heteroatoms. The van der Waals surface area contributed by atoms with Gasteiger partial charge in [0.05, 0.1) is 4.92 Å². The maximum atomic E-state index is 13.2. The molecule has 1 saturated heterocycles. The lowest BCUT2D eigenvalue weighted by atomic mass is 10.0. The number of carbonyl (C=O) groups excluding carboxylic acids is 3. The fourth-order valence-electron chi connectivity index (χ4n) is 3.54. The van der Waals surface area contributed by atoms with E-state index in [2.05, 4.69) is 10.6 Å². The van der Waals surface area contributed by atoms with E-state index in [1.165, 1.54) is 24.3 Å². The third-order valence-electron chi connectivity index (χ3n) is 5.11. The van der Waals surface area contributed by atoms with E-state index in [0.717, 1.165) is 19.3 Å². The molecule has 2 rings (SSSR count). The Morgan fingerprint density at radius 2 is 2.13 bits per heavy atom. The van der Waals surface area contributed by atoms with Gasteiger partial charge in [0.15, 0.2) is 0 Å². The molecule has 2 N–H and O–H groups in total. The molecule has 0 radical (unpaired) electrons. The van der Waals surface area contributed by atoms with E-state index in [1.807, 2.05) is 13.2 Å². The highest BCUT2D eigenvalue weighted by atomic mass is 32.2. The predicted octanol–water partition coefficient (Wildman–Crippen LogP) is 2.35. The van der Waals surface area contributed by atoms with Crippen LogP contribution in [-0.2, 0) is 9.59 Å². The number of non-ortho nitro benzene ring substituents is 1. The molecular formula is C21H30N4O5S. The predicted molar refractivity (Wildman–Crippen MR) is 120 cm³/mol. The summed E-state index contributed by atoms with van der Waals surface area (Å²) >= 11 is 1.57. The van der Waals surface area contributed by atoms with Crippen LogP contribution in [0.25, 0.3) is 0 Å². The molecule has 31 heavy (non-hydrogen) atoms. The van der Waals surface area contributed by atoms with Crippen LogP contribution in [0.1, 0.15) is 49.4 Å². The van der Waals surface area contributed by atoms with Gasteiger partial charge in [-0.05, 0) is 43.8 Å². The number of nitro groups is 1. The summed E-state index contributed by atoms with van der Waals surface area (Å²) in [4.78, 5) is 49.9. The molecule has 0 spiro atoms. The van der Waals surface area contributed by atoms with Gasteiger partial charge in [-0.15, -0.1) is 0 Å². The summed E-state index contributed by atoms with van der Waals surface area (Å²) in [6.45, 7) is 2.93. The zero-order valence-electron chi connectivity index (χ0n) is 18.0. The normalized spacial score (nSPS) is 17.0. The van der Waals surface area contributed by atoms with Crippen LogP contribution < -0.4 is 10.6 Å². The zero-order chi connectivity index (χ0) is 22.8. The second-order valence-electron chi connectivity index (χ2n) is 7.56. The van der Waals surface area contributed by atoms with Gasteiger partial charge in [0.25, 0.3) is 11.6 Å². The standard InChI is InChI=1S/C21H30N4O5S/c1-3-6-19(26)22-16-8-5-11-24(14-16)21(28)18(10-12-31-2)23-20(27)15-7-4-9-17(13-15)25(29)30/h4,7,9,13,16,18H,3,5-6,8,10-12,14H2,1-2H3,(H,22,26)(H,23,27). The number of hydrogen-bond donors (Lipinski definition) is 2. The topological polar surface area (TPSA) is 122 Å². The van der Waals surface area contributed by atoms with Crippen LogP contribution in [-0.4, -0.2) is 64.7 Å². The lowest BCUT2D eigenvalue weighted by molar-refractivity contribution is -0.384. The molecule has 170 valence electrons. The number of rotatable bonds is 10. The summed E-state index contributed by atoms with van der Waals surface area (Å²) in [5.41, 5.74) is -0.0409. The highest BCUT2D eigenvalue weighted by Crippen LogP contribution is 2.16. The fraction of sp³-hybridized carbons (Fsp3) is 0.571. The van der Waals surface area contributed by atoms with E-state index in [-0.39, 0.29) is 29.1 Å². The first-order valence-electron chi connectivity index (χ1n) is 10.5. The van der Waals surface area contributed by atoms with Gasteiger partial charge in [-0.3, -0.25) is 24.5 Å². The summed E-state index contributed by atoms with van der Waals surface area (Å²) in [5.74, 6) is -0.0502. The molecule has 1 fully saturated rings. The summed E-state index contributed by atoms with van der Waals surface area (Å²) < 4.78 is 0. The van der Waals surface area contributed by atoms with Crippen LogP contribution in [0.15, 0.2) is 24.3 Å². The molecule has 1 aliphatic heterocycles. The van der Waals surface area contributed by atoms with Crippen LogP contribution in [0.3, 0.4) is 0 Å². The number of nitrogens with one attached hydrogen (secondary N) is 2. The van der Waals surface area contributed by atoms with E-state index in [4.69, 9.17) is 0 Å². The molecule has 9 nitrogen and oxygen atoms in total. The maximum absolute atomic E-state index is 13.2. The van der Waals surface area contributed by atoms with E-state index in [0.29, 0.717) is 31.7 Å². The summed E-state index contributed by atoms with van der Waals surface area (Å²) in [6, 6.07) is 4.62. The molecule has 0 aliphatic carbocycles. The Morgan fingerprint density at radius 3 is 2.81 bits per heavy atom. The largest absolute Gasteiger partial charge is 0.352 e. The third kappa shape index (κ3) is 7.54. The SMILES string of the molecule is CCCC(=O)NC1CCCN(C(=O)C(CCSC)NC(=O)c2cccc([N+](=O)[O-])c2)C1.